The normalized spacial score (nSPS) is 21.0. The highest BCUT2D eigenvalue weighted by Crippen LogP contribution is 2.29. The van der Waals surface area contributed by atoms with Crippen molar-refractivity contribution in [1.29, 1.82) is 0 Å². The number of piperidine rings is 1. The van der Waals surface area contributed by atoms with Crippen LogP contribution in [0.1, 0.15) is 44.7 Å². The van der Waals surface area contributed by atoms with Gasteiger partial charge in [0, 0.05) is 35.9 Å². The quantitative estimate of drug-likeness (QED) is 0.884. The van der Waals surface area contributed by atoms with Crippen molar-refractivity contribution in [3.8, 4) is 0 Å². The molecule has 1 aliphatic heterocycles. The van der Waals surface area contributed by atoms with Crippen LogP contribution in [0.3, 0.4) is 0 Å². The van der Waals surface area contributed by atoms with Gasteiger partial charge in [-0.2, -0.15) is 0 Å². The lowest BCUT2D eigenvalue weighted by Crippen LogP contribution is -2.39. The Kier molecular flexibility index (Phi) is 5.87. The average Bonchev–Trinajstić information content (AvgIpc) is 2.45. The van der Waals surface area contributed by atoms with Crippen LogP contribution in [0.25, 0.3) is 0 Å². The topological polar surface area (TPSA) is 38.5 Å². The van der Waals surface area contributed by atoms with Gasteiger partial charge in [0.05, 0.1) is 6.10 Å². The Bertz CT molecular complexity index is 436. The van der Waals surface area contributed by atoms with Gasteiger partial charge in [0.15, 0.2) is 0 Å². The largest absolute Gasteiger partial charge is 0.376 e. The maximum absolute atomic E-state index is 5.96. The van der Waals surface area contributed by atoms with Gasteiger partial charge in [-0.1, -0.05) is 28.9 Å². The highest BCUT2D eigenvalue weighted by atomic mass is 79.9. The minimum atomic E-state index is 0.0559. The Morgan fingerprint density at radius 1 is 1.50 bits per heavy atom. The van der Waals surface area contributed by atoms with Gasteiger partial charge in [0.2, 0.25) is 0 Å². The van der Waals surface area contributed by atoms with Gasteiger partial charge < -0.3 is 15.4 Å². The van der Waals surface area contributed by atoms with Crippen molar-refractivity contribution >= 4 is 21.6 Å². The number of hydrogen-bond donors (Lipinski definition) is 1. The van der Waals surface area contributed by atoms with E-state index in [9.17, 15) is 0 Å². The second-order valence-electron chi connectivity index (χ2n) is 5.58. The van der Waals surface area contributed by atoms with Crippen LogP contribution < -0.4 is 10.6 Å². The molecule has 1 aromatic carbocycles. The molecule has 20 heavy (non-hydrogen) atoms. The van der Waals surface area contributed by atoms with Crippen molar-refractivity contribution < 1.29 is 4.74 Å². The zero-order chi connectivity index (χ0) is 14.5. The molecule has 0 amide bonds. The molecule has 0 aromatic heterocycles. The first kappa shape index (κ1) is 15.8. The van der Waals surface area contributed by atoms with Gasteiger partial charge in [0.25, 0.3) is 0 Å². The minimum Gasteiger partial charge on any atom is -0.376 e. The van der Waals surface area contributed by atoms with Crippen LogP contribution in [-0.4, -0.2) is 25.8 Å². The molecule has 0 aliphatic carbocycles. The van der Waals surface area contributed by atoms with Crippen molar-refractivity contribution in [2.24, 2.45) is 5.73 Å². The van der Waals surface area contributed by atoms with Crippen LogP contribution in [0, 0.1) is 0 Å². The minimum absolute atomic E-state index is 0.0559. The summed E-state index contributed by atoms with van der Waals surface area (Å²) in [5, 5.41) is 0. The van der Waals surface area contributed by atoms with Crippen molar-refractivity contribution in [3.05, 3.63) is 28.2 Å². The van der Waals surface area contributed by atoms with Gasteiger partial charge in [-0.15, -0.1) is 0 Å². The third-order valence-electron chi connectivity index (χ3n) is 3.78. The number of ether oxygens (including phenoxy) is 1. The molecule has 2 unspecified atom stereocenters. The third kappa shape index (κ3) is 3.96. The SMILES string of the molecule is CCCOC1CCCN(c2ccc(C(C)N)c(Br)c2)C1. The Hall–Kier alpha value is -0.580. The van der Waals surface area contributed by atoms with E-state index in [1.54, 1.807) is 0 Å². The molecule has 2 N–H and O–H groups in total. The highest BCUT2D eigenvalue weighted by molar-refractivity contribution is 9.10. The van der Waals surface area contributed by atoms with Crippen molar-refractivity contribution in [2.75, 3.05) is 24.6 Å². The Balaban J connectivity index is 2.05. The smallest absolute Gasteiger partial charge is 0.0750 e. The predicted molar refractivity (Wildman–Crippen MR) is 88.2 cm³/mol. The summed E-state index contributed by atoms with van der Waals surface area (Å²) in [6, 6.07) is 6.54. The summed E-state index contributed by atoms with van der Waals surface area (Å²) >= 11 is 3.63. The highest BCUT2D eigenvalue weighted by Gasteiger charge is 2.21. The van der Waals surface area contributed by atoms with Crippen molar-refractivity contribution in [1.82, 2.24) is 0 Å². The van der Waals surface area contributed by atoms with E-state index in [-0.39, 0.29) is 6.04 Å². The molecule has 0 bridgehead atoms. The van der Waals surface area contributed by atoms with Crippen LogP contribution in [0.5, 0.6) is 0 Å². The zero-order valence-corrected chi connectivity index (χ0v) is 14.0. The van der Waals surface area contributed by atoms with Crippen LogP contribution in [0.4, 0.5) is 5.69 Å². The number of rotatable bonds is 5. The van der Waals surface area contributed by atoms with E-state index in [2.05, 4.69) is 46.0 Å². The molecule has 1 aromatic rings. The lowest BCUT2D eigenvalue weighted by atomic mass is 10.1. The van der Waals surface area contributed by atoms with E-state index < -0.39 is 0 Å². The number of hydrogen-bond acceptors (Lipinski definition) is 3. The number of nitrogens with two attached hydrogens (primary N) is 1. The third-order valence-corrected chi connectivity index (χ3v) is 4.46. The number of nitrogens with zero attached hydrogens (tertiary/aromatic N) is 1. The summed E-state index contributed by atoms with van der Waals surface area (Å²) in [6.45, 7) is 7.13. The number of benzene rings is 1. The van der Waals surface area contributed by atoms with E-state index in [0.29, 0.717) is 6.10 Å². The molecule has 2 atom stereocenters. The van der Waals surface area contributed by atoms with Crippen LogP contribution >= 0.6 is 15.9 Å². The van der Waals surface area contributed by atoms with E-state index >= 15 is 0 Å². The van der Waals surface area contributed by atoms with E-state index in [1.165, 1.54) is 18.5 Å². The molecule has 0 radical (unpaired) electrons. The lowest BCUT2D eigenvalue weighted by Gasteiger charge is -2.34. The summed E-state index contributed by atoms with van der Waals surface area (Å²) in [5.74, 6) is 0. The summed E-state index contributed by atoms with van der Waals surface area (Å²) in [6.07, 6.45) is 3.83. The van der Waals surface area contributed by atoms with Gasteiger partial charge in [-0.3, -0.25) is 0 Å². The fourth-order valence-corrected chi connectivity index (χ4v) is 3.40. The molecule has 0 spiro atoms. The van der Waals surface area contributed by atoms with Crippen molar-refractivity contribution in [2.45, 2.75) is 45.3 Å². The second kappa shape index (κ2) is 7.43. The molecular weight excluding hydrogens is 316 g/mol. The zero-order valence-electron chi connectivity index (χ0n) is 12.4. The van der Waals surface area contributed by atoms with Gasteiger partial charge in [0.1, 0.15) is 0 Å². The van der Waals surface area contributed by atoms with E-state index in [4.69, 9.17) is 10.5 Å². The van der Waals surface area contributed by atoms with Crippen LogP contribution in [0.15, 0.2) is 22.7 Å². The summed E-state index contributed by atoms with van der Waals surface area (Å²) in [5.41, 5.74) is 8.37. The average molecular weight is 341 g/mol. The molecule has 3 nitrogen and oxygen atoms in total. The molecular formula is C16H25BrN2O. The Labute approximate surface area is 130 Å². The van der Waals surface area contributed by atoms with E-state index in [0.717, 1.165) is 36.2 Å². The summed E-state index contributed by atoms with van der Waals surface area (Å²) < 4.78 is 7.00. The maximum atomic E-state index is 5.96. The molecule has 1 fully saturated rings. The van der Waals surface area contributed by atoms with Crippen molar-refractivity contribution in [3.63, 3.8) is 0 Å². The summed E-state index contributed by atoms with van der Waals surface area (Å²) in [4.78, 5) is 2.42. The lowest BCUT2D eigenvalue weighted by molar-refractivity contribution is 0.0440. The van der Waals surface area contributed by atoms with Gasteiger partial charge in [-0.25, -0.2) is 0 Å². The second-order valence-corrected chi connectivity index (χ2v) is 6.43. The fraction of sp³-hybridized carbons (Fsp3) is 0.625. The van der Waals surface area contributed by atoms with Gasteiger partial charge in [-0.05, 0) is 43.9 Å². The molecule has 112 valence electrons. The first-order chi connectivity index (χ1) is 9.61. The number of anilines is 1. The first-order valence-corrected chi connectivity index (χ1v) is 8.32. The molecule has 0 saturated carbocycles. The molecule has 4 heteroatoms. The summed E-state index contributed by atoms with van der Waals surface area (Å²) in [7, 11) is 0. The first-order valence-electron chi connectivity index (χ1n) is 7.53. The molecule has 1 heterocycles. The fourth-order valence-electron chi connectivity index (χ4n) is 2.68. The Morgan fingerprint density at radius 3 is 2.95 bits per heavy atom. The Morgan fingerprint density at radius 2 is 2.30 bits per heavy atom. The monoisotopic (exact) mass is 340 g/mol. The molecule has 2 rings (SSSR count). The molecule has 1 aliphatic rings. The predicted octanol–water partition coefficient (Wildman–Crippen LogP) is 3.86. The maximum Gasteiger partial charge on any atom is 0.0750 e. The standard InChI is InChI=1S/C16H25BrN2O/c1-3-9-20-14-5-4-8-19(11-14)13-6-7-15(12(2)18)16(17)10-13/h6-7,10,12,14H,3-5,8-9,11,18H2,1-2H3. The van der Waals surface area contributed by atoms with Crippen LogP contribution in [0.2, 0.25) is 0 Å². The van der Waals surface area contributed by atoms with E-state index in [1.807, 2.05) is 6.92 Å². The van der Waals surface area contributed by atoms with Crippen LogP contribution in [-0.2, 0) is 4.74 Å². The number of halogens is 1. The van der Waals surface area contributed by atoms with Gasteiger partial charge >= 0.3 is 0 Å². The molecule has 1 saturated heterocycles.